The topological polar surface area (TPSA) is 56.7 Å². The maximum Gasteiger partial charge on any atom is 0.164 e. The Hall–Kier alpha value is -9.19. The lowest BCUT2D eigenvalue weighted by atomic mass is 9.69. The Labute approximate surface area is 397 Å². The summed E-state index contributed by atoms with van der Waals surface area (Å²) in [4.78, 5) is 15.0. The molecule has 0 N–H and O–H groups in total. The van der Waals surface area contributed by atoms with Crippen LogP contribution in [0.4, 0.5) is 0 Å². The van der Waals surface area contributed by atoms with Crippen molar-refractivity contribution in [2.24, 2.45) is 0 Å². The van der Waals surface area contributed by atoms with Crippen LogP contribution in [0.15, 0.2) is 235 Å². The van der Waals surface area contributed by atoms with E-state index in [0.29, 0.717) is 17.5 Å². The van der Waals surface area contributed by atoms with E-state index < -0.39 is 5.41 Å². The highest BCUT2D eigenvalue weighted by atomic mass is 16.3. The molecule has 0 atom stereocenters. The van der Waals surface area contributed by atoms with Gasteiger partial charge in [0.2, 0.25) is 0 Å². The van der Waals surface area contributed by atoms with Crippen molar-refractivity contribution in [1.29, 1.82) is 0 Å². The first-order chi connectivity index (χ1) is 34.2. The van der Waals surface area contributed by atoms with Crippen molar-refractivity contribution in [3.05, 3.63) is 253 Å². The summed E-state index contributed by atoms with van der Waals surface area (Å²) in [6.45, 7) is 0. The van der Waals surface area contributed by atoms with Gasteiger partial charge in [-0.25, -0.2) is 15.0 Å². The van der Waals surface area contributed by atoms with E-state index in [0.717, 1.165) is 55.4 Å². The van der Waals surface area contributed by atoms with Gasteiger partial charge in [0, 0.05) is 43.9 Å². The van der Waals surface area contributed by atoms with Gasteiger partial charge in [0.25, 0.3) is 0 Å². The summed E-state index contributed by atoms with van der Waals surface area (Å²) in [5.74, 6) is 1.89. The molecule has 0 bridgehead atoms. The van der Waals surface area contributed by atoms with Crippen LogP contribution in [0, 0.1) is 0 Å². The van der Waals surface area contributed by atoms with Crippen molar-refractivity contribution in [3.8, 4) is 73.2 Å². The van der Waals surface area contributed by atoms with Gasteiger partial charge in [0.05, 0.1) is 16.4 Å². The van der Waals surface area contributed by atoms with Gasteiger partial charge in [-0.1, -0.05) is 176 Å². The number of fused-ring (bicyclic) bond motifs is 17. The molecule has 0 amide bonds. The maximum absolute atomic E-state index is 7.02. The molecule has 320 valence electrons. The second-order valence-corrected chi connectivity index (χ2v) is 18.2. The predicted molar refractivity (Wildman–Crippen MR) is 279 cm³/mol. The van der Waals surface area contributed by atoms with E-state index in [1.54, 1.807) is 0 Å². The van der Waals surface area contributed by atoms with Crippen LogP contribution in [0.2, 0.25) is 0 Å². The van der Waals surface area contributed by atoms with Crippen LogP contribution in [-0.2, 0) is 5.41 Å². The lowest BCUT2D eigenvalue weighted by Crippen LogP contribution is -2.26. The predicted octanol–water partition coefficient (Wildman–Crippen LogP) is 15.9. The molecule has 3 heterocycles. The highest BCUT2D eigenvalue weighted by molar-refractivity contribution is 6.17. The van der Waals surface area contributed by atoms with Crippen molar-refractivity contribution in [2.75, 3.05) is 0 Å². The van der Waals surface area contributed by atoms with E-state index in [1.165, 1.54) is 66.3 Å². The molecule has 13 aromatic rings. The standard InChI is InChI=1S/C64H38N4O/c1-4-17-39(18-5-1)61-65-62(40-19-6-2-7-20-40)67-63(66-61)43-22-16-21-41(35-43)42-31-32-49-58(36-42)69-57-34-33-48-50-37-51-47-27-12-15-30-55(47)68(44-23-8-3-9-24-44)56(51)38-54(50)64(60(48)59(49)57)52-28-13-10-25-45(52)46-26-11-14-29-53(46)64/h1-38H. The Kier molecular flexibility index (Phi) is 7.93. The second-order valence-electron chi connectivity index (χ2n) is 18.2. The summed E-state index contributed by atoms with van der Waals surface area (Å²) in [7, 11) is 0. The van der Waals surface area contributed by atoms with E-state index in [4.69, 9.17) is 19.4 Å². The molecule has 0 saturated carbocycles. The molecule has 5 heteroatoms. The third-order valence-electron chi connectivity index (χ3n) is 14.6. The SMILES string of the molecule is c1ccc(-c2nc(-c3ccccc3)nc(-c3cccc(-c4ccc5c(c4)oc4ccc6c(c45)C4(c5ccccc5-c5ccccc54)c4cc5c(cc4-6)c4ccccc4n5-c4ccccc4)c3)n2)cc1. The van der Waals surface area contributed by atoms with Crippen LogP contribution in [0.25, 0.3) is 117 Å². The summed E-state index contributed by atoms with van der Waals surface area (Å²) in [6.07, 6.45) is 0. The molecule has 1 spiro atoms. The van der Waals surface area contributed by atoms with Crippen molar-refractivity contribution in [1.82, 2.24) is 19.5 Å². The Morgan fingerprint density at radius 3 is 1.62 bits per heavy atom. The minimum absolute atomic E-state index is 0.602. The second kappa shape index (κ2) is 14.4. The first kappa shape index (κ1) is 38.0. The summed E-state index contributed by atoms with van der Waals surface area (Å²) in [5.41, 5.74) is 19.7. The van der Waals surface area contributed by atoms with Gasteiger partial charge in [-0.05, 0) is 110 Å². The molecule has 0 fully saturated rings. The molecule has 2 aliphatic carbocycles. The molecule has 15 rings (SSSR count). The smallest absolute Gasteiger partial charge is 0.164 e. The first-order valence-electron chi connectivity index (χ1n) is 23.5. The third kappa shape index (κ3) is 5.38. The molecule has 0 saturated heterocycles. The Morgan fingerprint density at radius 1 is 0.333 bits per heavy atom. The Morgan fingerprint density at radius 2 is 0.913 bits per heavy atom. The van der Waals surface area contributed by atoms with Gasteiger partial charge < -0.3 is 8.98 Å². The van der Waals surface area contributed by atoms with Gasteiger partial charge in [0.15, 0.2) is 17.5 Å². The van der Waals surface area contributed by atoms with Gasteiger partial charge >= 0.3 is 0 Å². The highest BCUT2D eigenvalue weighted by Crippen LogP contribution is 2.65. The van der Waals surface area contributed by atoms with Gasteiger partial charge in [-0.2, -0.15) is 0 Å². The van der Waals surface area contributed by atoms with Crippen molar-refractivity contribution < 1.29 is 4.42 Å². The zero-order valence-electron chi connectivity index (χ0n) is 37.1. The molecule has 2 aliphatic rings. The molecule has 5 nitrogen and oxygen atoms in total. The largest absolute Gasteiger partial charge is 0.456 e. The molecule has 0 unspecified atom stereocenters. The number of hydrogen-bond acceptors (Lipinski definition) is 4. The Balaban J connectivity index is 0.945. The molecule has 69 heavy (non-hydrogen) atoms. The Bertz CT molecular complexity index is 4140. The number of furan rings is 1. The lowest BCUT2D eigenvalue weighted by Gasteiger charge is -2.31. The highest BCUT2D eigenvalue weighted by Gasteiger charge is 2.53. The van der Waals surface area contributed by atoms with Gasteiger partial charge in [-0.3, -0.25) is 0 Å². The number of rotatable bonds is 5. The normalized spacial score (nSPS) is 13.0. The van der Waals surface area contributed by atoms with Gasteiger partial charge in [0.1, 0.15) is 11.2 Å². The van der Waals surface area contributed by atoms with E-state index in [2.05, 4.69) is 174 Å². The monoisotopic (exact) mass is 878 g/mol. The summed E-state index contributed by atoms with van der Waals surface area (Å²) in [6, 6.07) is 82.6. The third-order valence-corrected chi connectivity index (χ3v) is 14.6. The van der Waals surface area contributed by atoms with E-state index in [-0.39, 0.29) is 0 Å². The van der Waals surface area contributed by atoms with Crippen LogP contribution in [0.5, 0.6) is 0 Å². The van der Waals surface area contributed by atoms with Crippen molar-refractivity contribution >= 4 is 43.7 Å². The molecular weight excluding hydrogens is 841 g/mol. The molecule has 10 aromatic carbocycles. The summed E-state index contributed by atoms with van der Waals surface area (Å²) in [5, 5.41) is 4.73. The van der Waals surface area contributed by atoms with Crippen LogP contribution < -0.4 is 0 Å². The van der Waals surface area contributed by atoms with E-state index in [9.17, 15) is 0 Å². The van der Waals surface area contributed by atoms with E-state index >= 15 is 0 Å². The van der Waals surface area contributed by atoms with Gasteiger partial charge in [-0.15, -0.1) is 0 Å². The number of aromatic nitrogens is 4. The fourth-order valence-corrected chi connectivity index (χ4v) is 11.8. The average molecular weight is 879 g/mol. The van der Waals surface area contributed by atoms with Crippen LogP contribution in [0.1, 0.15) is 22.3 Å². The minimum Gasteiger partial charge on any atom is -0.456 e. The zero-order chi connectivity index (χ0) is 45.2. The van der Waals surface area contributed by atoms with Crippen LogP contribution >= 0.6 is 0 Å². The summed E-state index contributed by atoms with van der Waals surface area (Å²) >= 11 is 0. The lowest BCUT2D eigenvalue weighted by molar-refractivity contribution is 0.668. The zero-order valence-corrected chi connectivity index (χ0v) is 37.1. The maximum atomic E-state index is 7.02. The first-order valence-corrected chi connectivity index (χ1v) is 23.5. The number of para-hydroxylation sites is 2. The molecule has 3 aromatic heterocycles. The summed E-state index contributed by atoms with van der Waals surface area (Å²) < 4.78 is 9.47. The van der Waals surface area contributed by atoms with E-state index in [1.807, 2.05) is 60.7 Å². The number of nitrogens with zero attached hydrogens (tertiary/aromatic N) is 4. The fraction of sp³-hybridized carbons (Fsp3) is 0.0156. The quantitative estimate of drug-likeness (QED) is 0.173. The average Bonchev–Trinajstić information content (AvgIpc) is 4.14. The van der Waals surface area contributed by atoms with Crippen LogP contribution in [-0.4, -0.2) is 19.5 Å². The molecular formula is C64H38N4O. The van der Waals surface area contributed by atoms with Crippen molar-refractivity contribution in [2.45, 2.75) is 5.41 Å². The minimum atomic E-state index is -0.602. The van der Waals surface area contributed by atoms with Crippen molar-refractivity contribution in [3.63, 3.8) is 0 Å². The van der Waals surface area contributed by atoms with Crippen LogP contribution in [0.3, 0.4) is 0 Å². The molecule has 0 radical (unpaired) electrons. The number of benzene rings is 10. The molecule has 0 aliphatic heterocycles. The fourth-order valence-electron chi connectivity index (χ4n) is 11.8. The number of hydrogen-bond donors (Lipinski definition) is 0.